The smallest absolute Gasteiger partial charge is 0.327 e. The molecule has 0 radical (unpaired) electrons. The van der Waals surface area contributed by atoms with E-state index in [1.54, 1.807) is 0 Å². The van der Waals surface area contributed by atoms with Crippen LogP contribution in [0.1, 0.15) is 6.92 Å². The van der Waals surface area contributed by atoms with Crippen LogP contribution in [0, 0.1) is 10.1 Å². The molecule has 0 saturated heterocycles. The van der Waals surface area contributed by atoms with E-state index in [0.29, 0.717) is 5.03 Å². The number of carboxylic acids is 1. The van der Waals surface area contributed by atoms with Gasteiger partial charge in [-0.2, -0.15) is 0 Å². The summed E-state index contributed by atoms with van der Waals surface area (Å²) < 4.78 is 0. The van der Waals surface area contributed by atoms with Crippen molar-refractivity contribution in [3.05, 3.63) is 28.4 Å². The average Bonchev–Trinajstić information content (AvgIpc) is 2.34. The summed E-state index contributed by atoms with van der Waals surface area (Å²) in [5.41, 5.74) is -0.121. The summed E-state index contributed by atoms with van der Waals surface area (Å²) in [6.45, 7) is 1.21. The van der Waals surface area contributed by atoms with Gasteiger partial charge >= 0.3 is 5.97 Å². The minimum Gasteiger partial charge on any atom is -0.480 e. The van der Waals surface area contributed by atoms with Gasteiger partial charge in [-0.1, -0.05) is 0 Å². The van der Waals surface area contributed by atoms with Crippen LogP contribution in [0.4, 0.5) is 5.69 Å². The number of pyridine rings is 1. The number of hydrogen-bond acceptors (Lipinski definition) is 6. The van der Waals surface area contributed by atoms with Gasteiger partial charge in [-0.15, -0.1) is 11.8 Å². The van der Waals surface area contributed by atoms with Crippen LogP contribution in [-0.2, 0) is 9.59 Å². The molecular weight excluding hydrogens is 274 g/mol. The number of rotatable bonds is 6. The third kappa shape index (κ3) is 4.92. The van der Waals surface area contributed by atoms with Crippen LogP contribution in [0.2, 0.25) is 0 Å². The zero-order valence-corrected chi connectivity index (χ0v) is 10.7. The van der Waals surface area contributed by atoms with E-state index in [4.69, 9.17) is 5.11 Å². The maximum atomic E-state index is 10.9. The summed E-state index contributed by atoms with van der Waals surface area (Å²) >= 11 is 1.02. The molecule has 1 aromatic rings. The Morgan fingerprint density at radius 2 is 2.32 bits per heavy atom. The van der Waals surface area contributed by atoms with Crippen molar-refractivity contribution in [1.82, 2.24) is 10.3 Å². The third-order valence-electron chi connectivity index (χ3n) is 2.00. The van der Waals surface area contributed by atoms with Crippen LogP contribution >= 0.6 is 11.8 Å². The highest BCUT2D eigenvalue weighted by atomic mass is 32.2. The van der Waals surface area contributed by atoms with Crippen LogP contribution in [-0.4, -0.2) is 38.7 Å². The van der Waals surface area contributed by atoms with Gasteiger partial charge in [0.15, 0.2) is 0 Å². The molecule has 9 heteroatoms. The fourth-order valence-electron chi connectivity index (χ4n) is 1.18. The molecule has 0 aliphatic heterocycles. The first kappa shape index (κ1) is 14.9. The molecule has 1 atom stereocenters. The third-order valence-corrected chi connectivity index (χ3v) is 3.02. The number of carbonyl (C=O) groups is 2. The minimum absolute atomic E-state index is 0.0308. The Labute approximate surface area is 112 Å². The molecule has 1 amide bonds. The second-order valence-electron chi connectivity index (χ2n) is 3.51. The zero-order valence-electron chi connectivity index (χ0n) is 9.90. The van der Waals surface area contributed by atoms with Crippen molar-refractivity contribution in [2.75, 3.05) is 5.75 Å². The number of amides is 1. The number of hydrogen-bond donors (Lipinski definition) is 2. The summed E-state index contributed by atoms with van der Waals surface area (Å²) in [5.74, 6) is -1.60. The van der Waals surface area contributed by atoms with Crippen molar-refractivity contribution in [3.8, 4) is 0 Å². The summed E-state index contributed by atoms with van der Waals surface area (Å²) in [7, 11) is 0. The molecule has 1 unspecified atom stereocenters. The van der Waals surface area contributed by atoms with Gasteiger partial charge in [-0.25, -0.2) is 9.78 Å². The van der Waals surface area contributed by atoms with E-state index in [2.05, 4.69) is 10.3 Å². The van der Waals surface area contributed by atoms with Crippen molar-refractivity contribution in [2.24, 2.45) is 0 Å². The number of carbonyl (C=O) groups excluding carboxylic acids is 1. The van der Waals surface area contributed by atoms with Crippen LogP contribution in [0.25, 0.3) is 0 Å². The van der Waals surface area contributed by atoms with E-state index < -0.39 is 22.8 Å². The Morgan fingerprint density at radius 3 is 2.84 bits per heavy atom. The SMILES string of the molecule is CC(=O)NC(CSc1cc([N+](=O)[O-])ccn1)C(=O)O. The van der Waals surface area contributed by atoms with Crippen LogP contribution in [0.3, 0.4) is 0 Å². The first-order valence-corrected chi connectivity index (χ1v) is 6.12. The number of nitrogens with zero attached hydrogens (tertiary/aromatic N) is 2. The van der Waals surface area contributed by atoms with E-state index in [1.165, 1.54) is 25.3 Å². The van der Waals surface area contributed by atoms with Crippen LogP contribution in [0.5, 0.6) is 0 Å². The Morgan fingerprint density at radius 1 is 1.63 bits per heavy atom. The maximum absolute atomic E-state index is 10.9. The van der Waals surface area contributed by atoms with Gasteiger partial charge in [-0.3, -0.25) is 14.9 Å². The fourth-order valence-corrected chi connectivity index (χ4v) is 2.08. The molecule has 0 aliphatic carbocycles. The van der Waals surface area contributed by atoms with Gasteiger partial charge in [0.25, 0.3) is 5.69 Å². The molecule has 0 fully saturated rings. The Hall–Kier alpha value is -2.16. The lowest BCUT2D eigenvalue weighted by Crippen LogP contribution is -2.41. The average molecular weight is 285 g/mol. The van der Waals surface area contributed by atoms with Crippen LogP contribution in [0.15, 0.2) is 23.4 Å². The standard InChI is InChI=1S/C10H11N3O5S/c1-6(14)12-8(10(15)16)5-19-9-4-7(13(17)18)2-3-11-9/h2-4,8H,5H2,1H3,(H,12,14)(H,15,16). The topological polar surface area (TPSA) is 122 Å². The summed E-state index contributed by atoms with van der Waals surface area (Å²) in [4.78, 5) is 35.6. The molecule has 0 spiro atoms. The molecule has 1 rings (SSSR count). The number of aromatic nitrogens is 1. The highest BCUT2D eigenvalue weighted by Crippen LogP contribution is 2.20. The number of thioether (sulfide) groups is 1. The highest BCUT2D eigenvalue weighted by Gasteiger charge is 2.19. The molecule has 0 aromatic carbocycles. The molecule has 1 aromatic heterocycles. The quantitative estimate of drug-likeness (QED) is 0.447. The lowest BCUT2D eigenvalue weighted by molar-refractivity contribution is -0.385. The van der Waals surface area contributed by atoms with E-state index in [0.717, 1.165) is 11.8 Å². The van der Waals surface area contributed by atoms with Crippen molar-refractivity contribution in [3.63, 3.8) is 0 Å². The highest BCUT2D eigenvalue weighted by molar-refractivity contribution is 7.99. The number of carboxylic acid groups (broad SMARTS) is 1. The van der Waals surface area contributed by atoms with Crippen LogP contribution < -0.4 is 5.32 Å². The molecular formula is C10H11N3O5S. The van der Waals surface area contributed by atoms with E-state index in [1.807, 2.05) is 0 Å². The van der Waals surface area contributed by atoms with Crippen molar-refractivity contribution >= 4 is 29.3 Å². The van der Waals surface area contributed by atoms with Gasteiger partial charge < -0.3 is 10.4 Å². The van der Waals surface area contributed by atoms with Crippen molar-refractivity contribution < 1.29 is 19.6 Å². The first-order valence-electron chi connectivity index (χ1n) is 5.13. The molecule has 19 heavy (non-hydrogen) atoms. The molecule has 8 nitrogen and oxygen atoms in total. The summed E-state index contributed by atoms with van der Waals surface area (Å²) in [5, 5.41) is 22.0. The lowest BCUT2D eigenvalue weighted by atomic mass is 10.3. The molecule has 1 heterocycles. The Kier molecular flexibility index (Phi) is 5.24. The second-order valence-corrected chi connectivity index (χ2v) is 4.55. The van der Waals surface area contributed by atoms with Gasteiger partial charge in [-0.05, 0) is 0 Å². The predicted octanol–water partition coefficient (Wildman–Crippen LogP) is 0.671. The van der Waals surface area contributed by atoms with E-state index >= 15 is 0 Å². The zero-order chi connectivity index (χ0) is 14.4. The minimum atomic E-state index is -1.17. The van der Waals surface area contributed by atoms with E-state index in [9.17, 15) is 19.7 Å². The first-order chi connectivity index (χ1) is 8.90. The molecule has 0 saturated carbocycles. The molecule has 102 valence electrons. The largest absolute Gasteiger partial charge is 0.480 e. The van der Waals surface area contributed by atoms with Crippen molar-refractivity contribution in [1.29, 1.82) is 0 Å². The molecule has 0 aliphatic rings. The summed E-state index contributed by atoms with van der Waals surface area (Å²) in [6, 6.07) is 1.42. The van der Waals surface area contributed by atoms with Gasteiger partial charge in [0, 0.05) is 31.0 Å². The van der Waals surface area contributed by atoms with E-state index in [-0.39, 0.29) is 11.4 Å². The Bertz CT molecular complexity index is 508. The number of nitrogens with one attached hydrogen (secondary N) is 1. The monoisotopic (exact) mass is 285 g/mol. The molecule has 2 N–H and O–H groups in total. The predicted molar refractivity (Wildman–Crippen MR) is 66.9 cm³/mol. The lowest BCUT2D eigenvalue weighted by Gasteiger charge is -2.12. The molecule has 0 bridgehead atoms. The summed E-state index contributed by atoms with van der Waals surface area (Å²) in [6.07, 6.45) is 1.27. The fraction of sp³-hybridized carbons (Fsp3) is 0.300. The normalized spacial score (nSPS) is 11.6. The number of nitro groups is 1. The van der Waals surface area contributed by atoms with Gasteiger partial charge in [0.05, 0.1) is 4.92 Å². The van der Waals surface area contributed by atoms with Gasteiger partial charge in [0.1, 0.15) is 11.1 Å². The maximum Gasteiger partial charge on any atom is 0.327 e. The number of aliphatic carboxylic acids is 1. The second kappa shape index (κ2) is 6.69. The Balaban J connectivity index is 2.68. The van der Waals surface area contributed by atoms with Gasteiger partial charge in [0.2, 0.25) is 5.91 Å². The van der Waals surface area contributed by atoms with Crippen molar-refractivity contribution in [2.45, 2.75) is 18.0 Å².